The summed E-state index contributed by atoms with van der Waals surface area (Å²) in [7, 11) is 0. The van der Waals surface area contributed by atoms with E-state index in [2.05, 4.69) is 20.4 Å². The van der Waals surface area contributed by atoms with Gasteiger partial charge in [0.05, 0.1) is 6.54 Å². The fraction of sp³-hybridized carbons (Fsp3) is 0.562. The van der Waals surface area contributed by atoms with Crippen LogP contribution in [0.4, 0.5) is 14.5 Å². The van der Waals surface area contributed by atoms with Crippen molar-refractivity contribution < 1.29 is 13.6 Å². The van der Waals surface area contributed by atoms with Gasteiger partial charge < -0.3 is 10.6 Å². The molecule has 2 saturated heterocycles. The number of amides is 1. The number of carbonyl (C=O) groups is 1. The normalized spacial score (nSPS) is 23.1. The monoisotopic (exact) mass is 324 g/mol. The van der Waals surface area contributed by atoms with Crippen molar-refractivity contribution in [3.05, 3.63) is 29.8 Å². The number of benzene rings is 1. The van der Waals surface area contributed by atoms with E-state index in [-0.39, 0.29) is 18.1 Å². The molecule has 7 heteroatoms. The first-order valence-electron chi connectivity index (χ1n) is 8.04. The van der Waals surface area contributed by atoms with Crippen molar-refractivity contribution in [1.82, 2.24) is 15.1 Å². The van der Waals surface area contributed by atoms with Gasteiger partial charge >= 0.3 is 0 Å². The fourth-order valence-electron chi connectivity index (χ4n) is 3.28. The molecule has 1 atom stereocenters. The van der Waals surface area contributed by atoms with Crippen LogP contribution in [0.25, 0.3) is 0 Å². The predicted octanol–water partition coefficient (Wildman–Crippen LogP) is 0.883. The molecule has 2 aliphatic rings. The van der Waals surface area contributed by atoms with Crippen LogP contribution >= 0.6 is 0 Å². The average molecular weight is 324 g/mol. The molecule has 0 spiro atoms. The van der Waals surface area contributed by atoms with E-state index in [1.807, 2.05) is 0 Å². The van der Waals surface area contributed by atoms with Crippen LogP contribution in [0.2, 0.25) is 0 Å². The maximum Gasteiger partial charge on any atom is 0.238 e. The number of nitrogens with one attached hydrogen (secondary N) is 2. The van der Waals surface area contributed by atoms with Gasteiger partial charge in [-0.25, -0.2) is 8.78 Å². The molecular weight excluding hydrogens is 302 g/mol. The number of nitrogens with zero attached hydrogens (tertiary/aromatic N) is 2. The van der Waals surface area contributed by atoms with Gasteiger partial charge in [-0.05, 0) is 18.6 Å². The molecule has 0 saturated carbocycles. The molecule has 126 valence electrons. The highest BCUT2D eigenvalue weighted by Gasteiger charge is 2.29. The summed E-state index contributed by atoms with van der Waals surface area (Å²) in [6.07, 6.45) is 1.07. The molecular formula is C16H22F2N4O. The van der Waals surface area contributed by atoms with Crippen LogP contribution < -0.4 is 10.6 Å². The van der Waals surface area contributed by atoms with Crippen LogP contribution in [0.1, 0.15) is 6.42 Å². The largest absolute Gasteiger partial charge is 0.325 e. The van der Waals surface area contributed by atoms with Crippen molar-refractivity contribution in [1.29, 1.82) is 0 Å². The number of likely N-dealkylation sites (tertiary alicyclic amines) is 1. The second-order valence-electron chi connectivity index (χ2n) is 6.14. The zero-order chi connectivity index (χ0) is 16.2. The summed E-state index contributed by atoms with van der Waals surface area (Å²) in [6.45, 7) is 6.20. The Morgan fingerprint density at radius 3 is 2.74 bits per heavy atom. The molecule has 0 radical (unpaired) electrons. The van der Waals surface area contributed by atoms with E-state index < -0.39 is 11.6 Å². The maximum atomic E-state index is 13.1. The van der Waals surface area contributed by atoms with E-state index >= 15 is 0 Å². The standard InChI is InChI=1S/C16H22F2N4O/c17-14-2-1-12(9-15(14)18)20-16(23)11-21-6-3-13(10-21)22-7-4-19-5-8-22/h1-2,9,13,19H,3-8,10-11H2,(H,20,23). The van der Waals surface area contributed by atoms with Gasteiger partial charge in [0.25, 0.3) is 0 Å². The zero-order valence-electron chi connectivity index (χ0n) is 13.0. The first-order chi connectivity index (χ1) is 11.1. The van der Waals surface area contributed by atoms with Crippen LogP contribution in [-0.4, -0.2) is 67.6 Å². The van der Waals surface area contributed by atoms with Crippen molar-refractivity contribution in [2.45, 2.75) is 12.5 Å². The maximum absolute atomic E-state index is 13.1. The number of anilines is 1. The van der Waals surface area contributed by atoms with Crippen LogP contribution in [-0.2, 0) is 4.79 Å². The van der Waals surface area contributed by atoms with Gasteiger partial charge in [-0.3, -0.25) is 14.6 Å². The van der Waals surface area contributed by atoms with Crippen molar-refractivity contribution in [3.63, 3.8) is 0 Å². The summed E-state index contributed by atoms with van der Waals surface area (Å²) in [4.78, 5) is 16.6. The summed E-state index contributed by atoms with van der Waals surface area (Å²) >= 11 is 0. The van der Waals surface area contributed by atoms with E-state index in [4.69, 9.17) is 0 Å². The third-order valence-electron chi connectivity index (χ3n) is 4.49. The molecule has 3 rings (SSSR count). The molecule has 2 N–H and O–H groups in total. The number of hydrogen-bond donors (Lipinski definition) is 2. The molecule has 2 heterocycles. The molecule has 1 aromatic rings. The summed E-state index contributed by atoms with van der Waals surface area (Å²) in [5.41, 5.74) is 0.284. The molecule has 0 aromatic heterocycles. The number of rotatable bonds is 4. The summed E-state index contributed by atoms with van der Waals surface area (Å²) in [5.74, 6) is -2.07. The van der Waals surface area contributed by atoms with Crippen LogP contribution in [0.3, 0.4) is 0 Å². The van der Waals surface area contributed by atoms with Gasteiger partial charge in [-0.2, -0.15) is 0 Å². The molecule has 1 aromatic carbocycles. The summed E-state index contributed by atoms with van der Waals surface area (Å²) in [5, 5.41) is 5.96. The molecule has 2 fully saturated rings. The lowest BCUT2D eigenvalue weighted by Gasteiger charge is -2.32. The van der Waals surface area contributed by atoms with Gasteiger partial charge in [0.1, 0.15) is 0 Å². The van der Waals surface area contributed by atoms with Gasteiger partial charge in [-0.15, -0.1) is 0 Å². The van der Waals surface area contributed by atoms with E-state index in [9.17, 15) is 13.6 Å². The Bertz CT molecular complexity index is 563. The average Bonchev–Trinajstić information content (AvgIpc) is 3.00. The number of hydrogen-bond acceptors (Lipinski definition) is 4. The quantitative estimate of drug-likeness (QED) is 0.863. The Morgan fingerprint density at radius 2 is 2.00 bits per heavy atom. The van der Waals surface area contributed by atoms with Crippen molar-refractivity contribution in [3.8, 4) is 0 Å². The Labute approximate surface area is 134 Å². The predicted molar refractivity (Wildman–Crippen MR) is 84.3 cm³/mol. The van der Waals surface area contributed by atoms with Gasteiger partial charge in [-0.1, -0.05) is 0 Å². The van der Waals surface area contributed by atoms with E-state index in [1.54, 1.807) is 0 Å². The molecule has 0 bridgehead atoms. The molecule has 2 aliphatic heterocycles. The molecule has 23 heavy (non-hydrogen) atoms. The van der Waals surface area contributed by atoms with Crippen molar-refractivity contribution in [2.75, 3.05) is 51.1 Å². The van der Waals surface area contributed by atoms with Gasteiger partial charge in [0.15, 0.2) is 11.6 Å². The first-order valence-corrected chi connectivity index (χ1v) is 8.04. The Morgan fingerprint density at radius 1 is 1.22 bits per heavy atom. The van der Waals surface area contributed by atoms with Crippen LogP contribution in [0, 0.1) is 11.6 Å². The van der Waals surface area contributed by atoms with Crippen molar-refractivity contribution in [2.24, 2.45) is 0 Å². The number of halogens is 2. The van der Waals surface area contributed by atoms with E-state index in [0.717, 1.165) is 57.8 Å². The van der Waals surface area contributed by atoms with E-state index in [0.29, 0.717) is 6.04 Å². The topological polar surface area (TPSA) is 47.6 Å². The van der Waals surface area contributed by atoms with Gasteiger partial charge in [0.2, 0.25) is 5.91 Å². The van der Waals surface area contributed by atoms with Gasteiger partial charge in [0, 0.05) is 57.1 Å². The smallest absolute Gasteiger partial charge is 0.238 e. The molecule has 1 amide bonds. The highest BCUT2D eigenvalue weighted by atomic mass is 19.2. The molecule has 1 unspecified atom stereocenters. The summed E-state index contributed by atoms with van der Waals surface area (Å²) in [6, 6.07) is 3.89. The Kier molecular flexibility index (Phi) is 5.20. The van der Waals surface area contributed by atoms with Crippen LogP contribution in [0.15, 0.2) is 18.2 Å². The molecule has 5 nitrogen and oxygen atoms in total. The minimum absolute atomic E-state index is 0.197. The third kappa shape index (κ3) is 4.25. The Hall–Kier alpha value is -1.57. The minimum atomic E-state index is -0.956. The zero-order valence-corrected chi connectivity index (χ0v) is 13.0. The third-order valence-corrected chi connectivity index (χ3v) is 4.49. The fourth-order valence-corrected chi connectivity index (χ4v) is 3.28. The highest BCUT2D eigenvalue weighted by molar-refractivity contribution is 5.92. The first kappa shape index (κ1) is 16.3. The highest BCUT2D eigenvalue weighted by Crippen LogP contribution is 2.17. The lowest BCUT2D eigenvalue weighted by Crippen LogP contribution is -2.49. The number of piperazine rings is 1. The Balaban J connectivity index is 1.47. The minimum Gasteiger partial charge on any atom is -0.325 e. The molecule has 0 aliphatic carbocycles. The lowest BCUT2D eigenvalue weighted by molar-refractivity contribution is -0.117. The SMILES string of the molecule is O=C(CN1CCC(N2CCNCC2)C1)Nc1ccc(F)c(F)c1. The second kappa shape index (κ2) is 7.33. The summed E-state index contributed by atoms with van der Waals surface area (Å²) < 4.78 is 26.0. The number of carbonyl (C=O) groups excluding carboxylic acids is 1. The van der Waals surface area contributed by atoms with Crippen LogP contribution in [0.5, 0.6) is 0 Å². The van der Waals surface area contributed by atoms with Crippen molar-refractivity contribution >= 4 is 11.6 Å². The lowest BCUT2D eigenvalue weighted by atomic mass is 10.2. The second-order valence-corrected chi connectivity index (χ2v) is 6.14. The van der Waals surface area contributed by atoms with E-state index in [1.165, 1.54) is 6.07 Å².